The highest BCUT2D eigenvalue weighted by Crippen LogP contribution is 2.27. The van der Waals surface area contributed by atoms with E-state index >= 15 is 0 Å². The lowest BCUT2D eigenvalue weighted by molar-refractivity contribution is -0.113. The highest BCUT2D eigenvalue weighted by molar-refractivity contribution is 7.99. The third-order valence-electron chi connectivity index (χ3n) is 4.97. The normalized spacial score (nSPS) is 10.7. The Labute approximate surface area is 209 Å². The van der Waals surface area contributed by atoms with E-state index in [0.29, 0.717) is 46.2 Å². The first-order chi connectivity index (χ1) is 17.5. The molecule has 0 radical (unpaired) electrons. The van der Waals surface area contributed by atoms with Gasteiger partial charge in [0.25, 0.3) is 5.56 Å². The first-order valence-corrected chi connectivity index (χ1v) is 12.0. The average Bonchev–Trinajstić information content (AvgIpc) is 3.25. The second kappa shape index (κ2) is 11.4. The number of thioether (sulfide) groups is 1. The molecule has 0 aliphatic heterocycles. The van der Waals surface area contributed by atoms with Gasteiger partial charge in [-0.1, -0.05) is 30.0 Å². The summed E-state index contributed by atoms with van der Waals surface area (Å²) in [7, 11) is 1.56. The summed E-state index contributed by atoms with van der Waals surface area (Å²) in [5, 5.41) is 11.9. The molecule has 2 heterocycles. The van der Waals surface area contributed by atoms with Crippen molar-refractivity contribution in [2.24, 2.45) is 0 Å². The summed E-state index contributed by atoms with van der Waals surface area (Å²) in [6.07, 6.45) is 0.137. The van der Waals surface area contributed by atoms with Crippen LogP contribution in [-0.4, -0.2) is 50.1 Å². The van der Waals surface area contributed by atoms with Crippen molar-refractivity contribution in [1.29, 1.82) is 0 Å². The lowest BCUT2D eigenvalue weighted by Crippen LogP contribution is -2.23. The van der Waals surface area contributed by atoms with Crippen molar-refractivity contribution in [1.82, 2.24) is 24.7 Å². The van der Waals surface area contributed by atoms with Gasteiger partial charge in [0.15, 0.2) is 5.16 Å². The van der Waals surface area contributed by atoms with Gasteiger partial charge in [0, 0.05) is 24.2 Å². The number of methoxy groups -OCH3 is 1. The summed E-state index contributed by atoms with van der Waals surface area (Å²) < 4.78 is 12.7. The molecule has 0 saturated heterocycles. The molecule has 1 amide bonds. The Balaban J connectivity index is 1.60. The molecule has 0 aliphatic carbocycles. The lowest BCUT2D eigenvalue weighted by atomic mass is 10.2. The number of aromatic amines is 2. The number of anilines is 1. The number of carbonyl (C=O) groups excluding carboxylic acids is 1. The molecule has 4 rings (SSSR count). The van der Waals surface area contributed by atoms with Gasteiger partial charge in [0.1, 0.15) is 17.3 Å². The van der Waals surface area contributed by atoms with Gasteiger partial charge in [-0.05, 0) is 31.2 Å². The summed E-state index contributed by atoms with van der Waals surface area (Å²) in [6.45, 7) is 2.35. The van der Waals surface area contributed by atoms with Gasteiger partial charge < -0.3 is 19.8 Å². The van der Waals surface area contributed by atoms with Crippen LogP contribution in [0, 0.1) is 0 Å². The Kier molecular flexibility index (Phi) is 7.85. The molecule has 0 atom stereocenters. The third kappa shape index (κ3) is 6.02. The minimum Gasteiger partial charge on any atom is -0.497 e. The van der Waals surface area contributed by atoms with Crippen molar-refractivity contribution < 1.29 is 14.3 Å². The topological polar surface area (TPSA) is 144 Å². The van der Waals surface area contributed by atoms with Gasteiger partial charge in [-0.3, -0.25) is 19.1 Å². The molecule has 0 fully saturated rings. The molecule has 0 saturated carbocycles. The Bertz CT molecular complexity index is 1450. The summed E-state index contributed by atoms with van der Waals surface area (Å²) in [5.74, 6) is 1.50. The summed E-state index contributed by atoms with van der Waals surface area (Å²) >= 11 is 1.20. The van der Waals surface area contributed by atoms with Gasteiger partial charge in [-0.25, -0.2) is 4.79 Å². The third-order valence-corrected chi connectivity index (χ3v) is 5.90. The second-order valence-corrected chi connectivity index (χ2v) is 8.43. The van der Waals surface area contributed by atoms with Crippen LogP contribution < -0.4 is 26.0 Å². The number of hydrogen-bond acceptors (Lipinski definition) is 8. The van der Waals surface area contributed by atoms with Crippen molar-refractivity contribution in [3.63, 3.8) is 0 Å². The quantitative estimate of drug-likeness (QED) is 0.277. The van der Waals surface area contributed by atoms with Crippen molar-refractivity contribution in [3.8, 4) is 17.2 Å². The van der Waals surface area contributed by atoms with E-state index in [2.05, 4.69) is 25.5 Å². The maximum atomic E-state index is 12.7. The van der Waals surface area contributed by atoms with E-state index in [1.54, 1.807) is 35.9 Å². The molecule has 2 aromatic heterocycles. The fourth-order valence-electron chi connectivity index (χ4n) is 3.47. The number of nitrogens with one attached hydrogen (secondary N) is 3. The van der Waals surface area contributed by atoms with Crippen LogP contribution in [0.4, 0.5) is 5.69 Å². The molecule has 0 aliphatic rings. The van der Waals surface area contributed by atoms with E-state index in [1.165, 1.54) is 17.8 Å². The number of H-pyrrole nitrogens is 2. The number of carbonyl (C=O) groups is 1. The molecular formula is C24H24N6O5S. The predicted molar refractivity (Wildman–Crippen MR) is 135 cm³/mol. The Morgan fingerprint density at radius 1 is 1.08 bits per heavy atom. The first-order valence-electron chi connectivity index (χ1n) is 11.0. The van der Waals surface area contributed by atoms with Crippen molar-refractivity contribution in [2.75, 3.05) is 24.8 Å². The molecule has 0 unspecified atom stereocenters. The van der Waals surface area contributed by atoms with Gasteiger partial charge in [-0.15, -0.1) is 10.2 Å². The minimum atomic E-state index is -0.608. The fraction of sp³-hybridized carbons (Fsp3) is 0.208. The average molecular weight is 509 g/mol. The van der Waals surface area contributed by atoms with Crippen LogP contribution in [0.25, 0.3) is 5.69 Å². The molecule has 0 spiro atoms. The summed E-state index contributed by atoms with van der Waals surface area (Å²) in [6, 6.07) is 15.8. The highest BCUT2D eigenvalue weighted by atomic mass is 32.2. The van der Waals surface area contributed by atoms with Crippen LogP contribution in [0.2, 0.25) is 0 Å². The molecule has 12 heteroatoms. The molecule has 4 aromatic rings. The maximum Gasteiger partial charge on any atom is 0.325 e. The number of aromatic nitrogens is 5. The Morgan fingerprint density at radius 2 is 1.92 bits per heavy atom. The van der Waals surface area contributed by atoms with E-state index in [0.717, 1.165) is 0 Å². The number of amides is 1. The Morgan fingerprint density at radius 3 is 2.69 bits per heavy atom. The zero-order chi connectivity index (χ0) is 25.5. The highest BCUT2D eigenvalue weighted by Gasteiger charge is 2.18. The van der Waals surface area contributed by atoms with Crippen LogP contribution in [0.5, 0.6) is 11.5 Å². The predicted octanol–water partition coefficient (Wildman–Crippen LogP) is 2.37. The van der Waals surface area contributed by atoms with Crippen molar-refractivity contribution >= 4 is 23.4 Å². The fourth-order valence-corrected chi connectivity index (χ4v) is 4.24. The van der Waals surface area contributed by atoms with E-state index in [4.69, 9.17) is 9.47 Å². The number of hydrogen-bond donors (Lipinski definition) is 3. The van der Waals surface area contributed by atoms with Crippen molar-refractivity contribution in [2.45, 2.75) is 18.5 Å². The van der Waals surface area contributed by atoms with Crippen molar-refractivity contribution in [3.05, 3.63) is 87.0 Å². The molecule has 0 bridgehead atoms. The Hall–Kier alpha value is -4.32. The zero-order valence-corrected chi connectivity index (χ0v) is 20.4. The van der Waals surface area contributed by atoms with E-state index in [9.17, 15) is 14.4 Å². The van der Waals surface area contributed by atoms with E-state index in [-0.39, 0.29) is 18.1 Å². The number of benzene rings is 2. The summed E-state index contributed by atoms with van der Waals surface area (Å²) in [5.41, 5.74) is 0.537. The van der Waals surface area contributed by atoms with Gasteiger partial charge in [0.2, 0.25) is 5.91 Å². The number of para-hydroxylation sites is 2. The second-order valence-electron chi connectivity index (χ2n) is 7.49. The monoisotopic (exact) mass is 508 g/mol. The van der Waals surface area contributed by atoms with Crippen LogP contribution >= 0.6 is 11.8 Å². The molecule has 11 nitrogen and oxygen atoms in total. The van der Waals surface area contributed by atoms with Gasteiger partial charge in [-0.2, -0.15) is 0 Å². The summed E-state index contributed by atoms with van der Waals surface area (Å²) in [4.78, 5) is 40.9. The smallest absolute Gasteiger partial charge is 0.325 e. The van der Waals surface area contributed by atoms with Crippen LogP contribution in [0.1, 0.15) is 18.4 Å². The zero-order valence-electron chi connectivity index (χ0n) is 19.6. The van der Waals surface area contributed by atoms with Crippen LogP contribution in [0.15, 0.2) is 69.3 Å². The first kappa shape index (κ1) is 24.8. The van der Waals surface area contributed by atoms with E-state index in [1.807, 2.05) is 31.2 Å². The molecule has 2 aromatic carbocycles. The molecule has 3 N–H and O–H groups in total. The SMILES string of the molecule is CCOc1ccccc1NC(=O)CSc1nnc(Cc2cc(=O)[nH]c(=O)[nH]2)n1-c1cccc(OC)c1. The molecule has 186 valence electrons. The maximum absolute atomic E-state index is 12.7. The van der Waals surface area contributed by atoms with E-state index < -0.39 is 11.2 Å². The van der Waals surface area contributed by atoms with Gasteiger partial charge >= 0.3 is 5.69 Å². The number of rotatable bonds is 10. The molecular weight excluding hydrogens is 484 g/mol. The minimum absolute atomic E-state index is 0.0599. The molecule has 36 heavy (non-hydrogen) atoms. The lowest BCUT2D eigenvalue weighted by Gasteiger charge is -2.12. The number of nitrogens with zero attached hydrogens (tertiary/aromatic N) is 3. The standard InChI is InChI=1S/C24H24N6O5S/c1-3-35-19-10-5-4-9-18(19)26-22(32)14-36-24-29-28-20(11-15-12-21(31)27-23(33)25-15)30(24)16-7-6-8-17(13-16)34-2/h4-10,12-13H,3,11,14H2,1-2H3,(H,26,32)(H2,25,27,31,33). The largest absolute Gasteiger partial charge is 0.497 e. The van der Waals surface area contributed by atoms with Crippen LogP contribution in [0.3, 0.4) is 0 Å². The van der Waals surface area contributed by atoms with Gasteiger partial charge in [0.05, 0.1) is 30.8 Å². The van der Waals surface area contributed by atoms with Crippen LogP contribution in [-0.2, 0) is 11.2 Å². The number of ether oxygens (including phenoxy) is 2.